The first-order valence-corrected chi connectivity index (χ1v) is 8.68. The molecule has 1 fully saturated rings. The number of hydrogen-bond acceptors (Lipinski definition) is 5. The van der Waals surface area contributed by atoms with Crippen molar-refractivity contribution in [3.05, 3.63) is 24.3 Å². The summed E-state index contributed by atoms with van der Waals surface area (Å²) in [6.45, 7) is 8.38. The van der Waals surface area contributed by atoms with Gasteiger partial charge in [-0.25, -0.2) is 0 Å². The average Bonchev–Trinajstić information content (AvgIpc) is 2.61. The van der Waals surface area contributed by atoms with Gasteiger partial charge in [-0.15, -0.1) is 0 Å². The highest BCUT2D eigenvalue weighted by Crippen LogP contribution is 2.28. The molecule has 0 aliphatic carbocycles. The molecule has 1 aromatic rings. The molecule has 1 N–H and O–H groups in total. The Morgan fingerprint density at radius 3 is 2.68 bits per heavy atom. The number of ether oxygens (including phenoxy) is 2. The molecule has 1 heterocycles. The maximum atomic E-state index is 12.3. The molecule has 25 heavy (non-hydrogen) atoms. The van der Waals surface area contributed by atoms with Crippen LogP contribution in [0, 0.1) is 0 Å². The normalized spacial score (nSPS) is 14.8. The number of para-hydroxylation sites is 2. The van der Waals surface area contributed by atoms with Crippen molar-refractivity contribution < 1.29 is 19.1 Å². The van der Waals surface area contributed by atoms with E-state index in [-0.39, 0.29) is 18.4 Å². The minimum absolute atomic E-state index is 0.0253. The van der Waals surface area contributed by atoms with Gasteiger partial charge in [-0.3, -0.25) is 19.4 Å². The van der Waals surface area contributed by atoms with E-state index in [1.54, 1.807) is 12.1 Å². The minimum Gasteiger partial charge on any atom is -0.492 e. The van der Waals surface area contributed by atoms with Crippen molar-refractivity contribution in [1.82, 2.24) is 10.2 Å². The number of nitrogens with zero attached hydrogens (tertiary/aromatic N) is 2. The van der Waals surface area contributed by atoms with Crippen LogP contribution in [-0.4, -0.2) is 69.3 Å². The largest absolute Gasteiger partial charge is 0.492 e. The van der Waals surface area contributed by atoms with E-state index in [4.69, 9.17) is 9.47 Å². The SMILES string of the molecule is CCOc1ccccc1N(CC(=O)NCCN1CCOCC1)C(C)=O. The lowest BCUT2D eigenvalue weighted by atomic mass is 10.2. The van der Waals surface area contributed by atoms with Crippen LogP contribution in [0.3, 0.4) is 0 Å². The Morgan fingerprint density at radius 2 is 2.00 bits per heavy atom. The standard InChI is InChI=1S/C18H27N3O4/c1-3-25-17-7-5-4-6-16(17)21(15(2)22)14-18(23)19-8-9-20-10-12-24-13-11-20/h4-7H,3,8-14H2,1-2H3,(H,19,23). The highest BCUT2D eigenvalue weighted by Gasteiger charge is 2.19. The van der Waals surface area contributed by atoms with Gasteiger partial charge in [0.15, 0.2) is 0 Å². The van der Waals surface area contributed by atoms with Gasteiger partial charge in [0.2, 0.25) is 11.8 Å². The molecule has 1 saturated heterocycles. The molecule has 1 aromatic carbocycles. The fourth-order valence-corrected chi connectivity index (χ4v) is 2.70. The van der Waals surface area contributed by atoms with Crippen LogP contribution in [0.1, 0.15) is 13.8 Å². The number of anilines is 1. The smallest absolute Gasteiger partial charge is 0.240 e. The van der Waals surface area contributed by atoms with Gasteiger partial charge in [0, 0.05) is 33.1 Å². The van der Waals surface area contributed by atoms with Crippen LogP contribution in [0.5, 0.6) is 5.75 Å². The molecule has 0 spiro atoms. The molecule has 0 unspecified atom stereocenters. The molecule has 0 atom stereocenters. The molecule has 0 radical (unpaired) electrons. The lowest BCUT2D eigenvalue weighted by Gasteiger charge is -2.27. The lowest BCUT2D eigenvalue weighted by molar-refractivity contribution is -0.123. The lowest BCUT2D eigenvalue weighted by Crippen LogP contribution is -2.44. The van der Waals surface area contributed by atoms with Crippen LogP contribution in [0.2, 0.25) is 0 Å². The maximum absolute atomic E-state index is 12.3. The third-order valence-corrected chi connectivity index (χ3v) is 3.99. The zero-order chi connectivity index (χ0) is 18.1. The van der Waals surface area contributed by atoms with E-state index in [1.165, 1.54) is 11.8 Å². The molecular formula is C18H27N3O4. The molecule has 138 valence electrons. The Labute approximate surface area is 148 Å². The van der Waals surface area contributed by atoms with Crippen molar-refractivity contribution in [3.63, 3.8) is 0 Å². The quantitative estimate of drug-likeness (QED) is 0.755. The number of nitrogens with one attached hydrogen (secondary N) is 1. The molecule has 2 rings (SSSR count). The molecule has 0 bridgehead atoms. The summed E-state index contributed by atoms with van der Waals surface area (Å²) in [5.74, 6) is 0.214. The van der Waals surface area contributed by atoms with Crippen molar-refractivity contribution in [3.8, 4) is 5.75 Å². The number of benzene rings is 1. The summed E-state index contributed by atoms with van der Waals surface area (Å²) in [4.78, 5) is 28.0. The van der Waals surface area contributed by atoms with E-state index in [2.05, 4.69) is 10.2 Å². The summed E-state index contributed by atoms with van der Waals surface area (Å²) in [5.41, 5.74) is 0.611. The number of carbonyl (C=O) groups is 2. The summed E-state index contributed by atoms with van der Waals surface area (Å²) in [7, 11) is 0. The summed E-state index contributed by atoms with van der Waals surface area (Å²) in [6.07, 6.45) is 0. The van der Waals surface area contributed by atoms with Crippen LogP contribution in [0.15, 0.2) is 24.3 Å². The predicted octanol–water partition coefficient (Wildman–Crippen LogP) is 0.887. The molecular weight excluding hydrogens is 322 g/mol. The second kappa shape index (κ2) is 10.0. The fraction of sp³-hybridized carbons (Fsp3) is 0.556. The fourth-order valence-electron chi connectivity index (χ4n) is 2.70. The van der Waals surface area contributed by atoms with Gasteiger partial charge in [0.05, 0.1) is 25.5 Å². The summed E-state index contributed by atoms with van der Waals surface area (Å²) >= 11 is 0. The van der Waals surface area contributed by atoms with Crippen molar-refractivity contribution >= 4 is 17.5 Å². The number of rotatable bonds is 8. The van der Waals surface area contributed by atoms with Gasteiger partial charge < -0.3 is 14.8 Å². The van der Waals surface area contributed by atoms with Crippen molar-refractivity contribution in [2.75, 3.05) is 57.4 Å². The summed E-state index contributed by atoms with van der Waals surface area (Å²) in [5, 5.41) is 2.88. The summed E-state index contributed by atoms with van der Waals surface area (Å²) < 4.78 is 10.9. The Balaban J connectivity index is 1.90. The first-order chi connectivity index (χ1) is 12.1. The monoisotopic (exact) mass is 349 g/mol. The number of carbonyl (C=O) groups excluding carboxylic acids is 2. The van der Waals surface area contributed by atoms with Gasteiger partial charge >= 0.3 is 0 Å². The van der Waals surface area contributed by atoms with Crippen LogP contribution in [-0.2, 0) is 14.3 Å². The molecule has 0 saturated carbocycles. The van der Waals surface area contributed by atoms with E-state index < -0.39 is 0 Å². The number of amides is 2. The van der Waals surface area contributed by atoms with Crippen LogP contribution in [0.4, 0.5) is 5.69 Å². The Bertz CT molecular complexity index is 573. The molecule has 7 heteroatoms. The topological polar surface area (TPSA) is 71.1 Å². The van der Waals surface area contributed by atoms with E-state index in [9.17, 15) is 9.59 Å². The Kier molecular flexibility index (Phi) is 7.69. The van der Waals surface area contributed by atoms with Gasteiger partial charge in [-0.1, -0.05) is 12.1 Å². The van der Waals surface area contributed by atoms with Gasteiger partial charge in [-0.2, -0.15) is 0 Å². The molecule has 0 aromatic heterocycles. The average molecular weight is 349 g/mol. The van der Waals surface area contributed by atoms with Crippen LogP contribution >= 0.6 is 0 Å². The van der Waals surface area contributed by atoms with E-state index >= 15 is 0 Å². The van der Waals surface area contributed by atoms with E-state index in [0.29, 0.717) is 24.6 Å². The molecule has 1 aliphatic heterocycles. The van der Waals surface area contributed by atoms with Crippen molar-refractivity contribution in [2.24, 2.45) is 0 Å². The maximum Gasteiger partial charge on any atom is 0.240 e. The number of hydrogen-bond donors (Lipinski definition) is 1. The van der Waals surface area contributed by atoms with E-state index in [1.807, 2.05) is 19.1 Å². The molecule has 7 nitrogen and oxygen atoms in total. The molecule has 1 aliphatic rings. The third-order valence-electron chi connectivity index (χ3n) is 3.99. The minimum atomic E-state index is -0.199. The zero-order valence-electron chi connectivity index (χ0n) is 15.0. The van der Waals surface area contributed by atoms with Crippen LogP contribution in [0.25, 0.3) is 0 Å². The van der Waals surface area contributed by atoms with Crippen LogP contribution < -0.4 is 15.0 Å². The van der Waals surface area contributed by atoms with Gasteiger partial charge in [0.25, 0.3) is 0 Å². The van der Waals surface area contributed by atoms with Crippen molar-refractivity contribution in [1.29, 1.82) is 0 Å². The second-order valence-corrected chi connectivity index (χ2v) is 5.81. The van der Waals surface area contributed by atoms with E-state index in [0.717, 1.165) is 32.8 Å². The first kappa shape index (κ1) is 19.2. The number of morpholine rings is 1. The first-order valence-electron chi connectivity index (χ1n) is 8.68. The highest BCUT2D eigenvalue weighted by molar-refractivity contribution is 5.98. The van der Waals surface area contributed by atoms with Crippen molar-refractivity contribution in [2.45, 2.75) is 13.8 Å². The zero-order valence-corrected chi connectivity index (χ0v) is 15.0. The second-order valence-electron chi connectivity index (χ2n) is 5.81. The van der Waals surface area contributed by atoms with Gasteiger partial charge in [0.1, 0.15) is 12.3 Å². The predicted molar refractivity (Wildman–Crippen MR) is 95.9 cm³/mol. The Hall–Kier alpha value is -2.12. The highest BCUT2D eigenvalue weighted by atomic mass is 16.5. The third kappa shape index (κ3) is 6.03. The Morgan fingerprint density at radius 1 is 1.28 bits per heavy atom. The summed E-state index contributed by atoms with van der Waals surface area (Å²) in [6, 6.07) is 7.25. The van der Waals surface area contributed by atoms with Gasteiger partial charge in [-0.05, 0) is 19.1 Å². The molecule has 2 amide bonds.